The monoisotopic (exact) mass is 345 g/mol. The number of hydrogen-bond donors (Lipinski definition) is 2. The van der Waals surface area contributed by atoms with E-state index >= 15 is 0 Å². The number of amides is 2. The normalized spacial score (nSPS) is 17.4. The molecule has 0 radical (unpaired) electrons. The summed E-state index contributed by atoms with van der Waals surface area (Å²) in [6, 6.07) is 7.67. The molecule has 0 fully saturated rings. The van der Waals surface area contributed by atoms with Crippen molar-refractivity contribution in [2.75, 3.05) is 6.61 Å². The van der Waals surface area contributed by atoms with E-state index in [2.05, 4.69) is 15.6 Å². The fourth-order valence-electron chi connectivity index (χ4n) is 2.85. The molecule has 6 heteroatoms. The second-order valence-corrected chi connectivity index (χ2v) is 7.82. The van der Waals surface area contributed by atoms with Crippen molar-refractivity contribution in [3.05, 3.63) is 45.9 Å². The summed E-state index contributed by atoms with van der Waals surface area (Å²) in [6.45, 7) is 6.63. The number of carbonyl (C=O) groups excluding carboxylic acids is 1. The average Bonchev–Trinajstić information content (AvgIpc) is 2.88. The molecule has 1 aromatic carbocycles. The predicted octanol–water partition coefficient (Wildman–Crippen LogP) is 3.90. The maximum absolute atomic E-state index is 12.5. The first-order chi connectivity index (χ1) is 11.5. The highest BCUT2D eigenvalue weighted by Crippen LogP contribution is 2.31. The molecular weight excluding hydrogens is 322 g/mol. The number of rotatable bonds is 3. The molecule has 0 saturated carbocycles. The molecule has 3 rings (SSSR count). The first kappa shape index (κ1) is 16.8. The molecule has 0 unspecified atom stereocenters. The SMILES string of the molecule is Cc1cnc(C(C)(C)NC(=O)N[C@@H]2CCCOc3ccccc32)s1. The zero-order chi connectivity index (χ0) is 17.2. The van der Waals surface area contributed by atoms with Gasteiger partial charge in [0.1, 0.15) is 10.8 Å². The van der Waals surface area contributed by atoms with Crippen LogP contribution in [0.2, 0.25) is 0 Å². The lowest BCUT2D eigenvalue weighted by atomic mass is 10.0. The van der Waals surface area contributed by atoms with Crippen LogP contribution in [0.4, 0.5) is 4.79 Å². The highest BCUT2D eigenvalue weighted by atomic mass is 32.1. The Morgan fingerprint density at radius 3 is 2.92 bits per heavy atom. The third-order valence-electron chi connectivity index (χ3n) is 4.08. The smallest absolute Gasteiger partial charge is 0.316 e. The molecule has 1 aromatic heterocycles. The topological polar surface area (TPSA) is 63.2 Å². The predicted molar refractivity (Wildman–Crippen MR) is 95.5 cm³/mol. The van der Waals surface area contributed by atoms with Crippen LogP contribution in [0.1, 0.15) is 48.2 Å². The van der Waals surface area contributed by atoms with Crippen LogP contribution in [0.15, 0.2) is 30.5 Å². The van der Waals surface area contributed by atoms with Gasteiger partial charge in [-0.05, 0) is 39.7 Å². The van der Waals surface area contributed by atoms with E-state index in [1.165, 1.54) is 0 Å². The first-order valence-corrected chi connectivity index (χ1v) is 9.01. The van der Waals surface area contributed by atoms with Gasteiger partial charge in [0.2, 0.25) is 0 Å². The maximum atomic E-state index is 12.5. The second-order valence-electron chi connectivity index (χ2n) is 6.58. The van der Waals surface area contributed by atoms with E-state index in [9.17, 15) is 4.79 Å². The molecule has 128 valence electrons. The molecule has 24 heavy (non-hydrogen) atoms. The van der Waals surface area contributed by atoms with Crippen molar-refractivity contribution in [2.24, 2.45) is 0 Å². The summed E-state index contributed by atoms with van der Waals surface area (Å²) in [5.41, 5.74) is 0.525. The number of hydrogen-bond acceptors (Lipinski definition) is 4. The number of para-hydroxylation sites is 1. The van der Waals surface area contributed by atoms with E-state index in [0.717, 1.165) is 34.0 Å². The largest absolute Gasteiger partial charge is 0.493 e. The van der Waals surface area contributed by atoms with Gasteiger partial charge >= 0.3 is 6.03 Å². The maximum Gasteiger partial charge on any atom is 0.316 e. The number of ether oxygens (including phenoxy) is 1. The Hall–Kier alpha value is -2.08. The standard InChI is InChI=1S/C18H23N3O2S/c1-12-11-19-16(24-12)18(2,3)21-17(22)20-14-8-6-10-23-15-9-5-4-7-13(14)15/h4-5,7,9,11,14H,6,8,10H2,1-3H3,(H2,20,21,22)/t14-/m1/s1. The van der Waals surface area contributed by atoms with Gasteiger partial charge in [0, 0.05) is 16.6 Å². The van der Waals surface area contributed by atoms with Gasteiger partial charge in [0.15, 0.2) is 0 Å². The van der Waals surface area contributed by atoms with Crippen molar-refractivity contribution in [3.8, 4) is 5.75 Å². The lowest BCUT2D eigenvalue weighted by Crippen LogP contribution is -2.47. The van der Waals surface area contributed by atoms with E-state index in [0.29, 0.717) is 6.61 Å². The minimum atomic E-state index is -0.510. The number of fused-ring (bicyclic) bond motifs is 1. The lowest BCUT2D eigenvalue weighted by Gasteiger charge is -2.26. The molecule has 5 nitrogen and oxygen atoms in total. The summed E-state index contributed by atoms with van der Waals surface area (Å²) >= 11 is 1.60. The van der Waals surface area contributed by atoms with Gasteiger partial charge in [0.05, 0.1) is 18.2 Å². The first-order valence-electron chi connectivity index (χ1n) is 8.19. The number of thiazole rings is 1. The van der Waals surface area contributed by atoms with Crippen LogP contribution in [-0.2, 0) is 5.54 Å². The van der Waals surface area contributed by atoms with Crippen LogP contribution < -0.4 is 15.4 Å². The van der Waals surface area contributed by atoms with Gasteiger partial charge < -0.3 is 15.4 Å². The van der Waals surface area contributed by atoms with Crippen molar-refractivity contribution in [2.45, 2.75) is 45.2 Å². The van der Waals surface area contributed by atoms with Gasteiger partial charge in [-0.1, -0.05) is 18.2 Å². The fraction of sp³-hybridized carbons (Fsp3) is 0.444. The Balaban J connectivity index is 1.71. The van der Waals surface area contributed by atoms with Gasteiger partial charge in [-0.3, -0.25) is 0 Å². The Kier molecular flexibility index (Phi) is 4.76. The summed E-state index contributed by atoms with van der Waals surface area (Å²) in [6.07, 6.45) is 3.61. The quantitative estimate of drug-likeness (QED) is 0.887. The molecule has 2 amide bonds. The minimum Gasteiger partial charge on any atom is -0.493 e. The Bertz CT molecular complexity index is 727. The molecule has 2 heterocycles. The number of benzene rings is 1. The van der Waals surface area contributed by atoms with Crippen molar-refractivity contribution in [1.82, 2.24) is 15.6 Å². The number of carbonyl (C=O) groups is 1. The summed E-state index contributed by atoms with van der Waals surface area (Å²) in [7, 11) is 0. The summed E-state index contributed by atoms with van der Waals surface area (Å²) in [5, 5.41) is 7.04. The van der Waals surface area contributed by atoms with Crippen LogP contribution in [0.25, 0.3) is 0 Å². The lowest BCUT2D eigenvalue weighted by molar-refractivity contribution is 0.225. The number of nitrogens with one attached hydrogen (secondary N) is 2. The minimum absolute atomic E-state index is 0.0440. The highest BCUT2D eigenvalue weighted by Gasteiger charge is 2.28. The highest BCUT2D eigenvalue weighted by molar-refractivity contribution is 7.11. The fourth-order valence-corrected chi connectivity index (χ4v) is 3.67. The van der Waals surface area contributed by atoms with E-state index in [4.69, 9.17) is 4.74 Å². The zero-order valence-corrected chi connectivity index (χ0v) is 15.1. The Labute approximate surface area is 146 Å². The van der Waals surface area contributed by atoms with Gasteiger partial charge in [0.25, 0.3) is 0 Å². The van der Waals surface area contributed by atoms with E-state index < -0.39 is 5.54 Å². The van der Waals surface area contributed by atoms with E-state index in [-0.39, 0.29) is 12.1 Å². The van der Waals surface area contributed by atoms with Crippen LogP contribution >= 0.6 is 11.3 Å². The molecule has 0 saturated heterocycles. The number of aromatic nitrogens is 1. The molecule has 1 aliphatic rings. The molecule has 2 aromatic rings. The summed E-state index contributed by atoms with van der Waals surface area (Å²) in [5.74, 6) is 0.857. The summed E-state index contributed by atoms with van der Waals surface area (Å²) < 4.78 is 5.75. The molecule has 1 aliphatic heterocycles. The van der Waals surface area contributed by atoms with Crippen LogP contribution in [0, 0.1) is 6.92 Å². The zero-order valence-electron chi connectivity index (χ0n) is 14.3. The molecule has 0 bridgehead atoms. The van der Waals surface area contributed by atoms with Crippen molar-refractivity contribution in [1.29, 1.82) is 0 Å². The van der Waals surface area contributed by atoms with Crippen LogP contribution in [-0.4, -0.2) is 17.6 Å². The van der Waals surface area contributed by atoms with E-state index in [1.807, 2.05) is 51.2 Å². The molecular formula is C18H23N3O2S. The van der Waals surface area contributed by atoms with Gasteiger partial charge in [-0.15, -0.1) is 11.3 Å². The number of urea groups is 1. The molecule has 0 aliphatic carbocycles. The van der Waals surface area contributed by atoms with Crippen molar-refractivity contribution >= 4 is 17.4 Å². The summed E-state index contributed by atoms with van der Waals surface area (Å²) in [4.78, 5) is 18.1. The Morgan fingerprint density at radius 1 is 1.38 bits per heavy atom. The Morgan fingerprint density at radius 2 is 2.17 bits per heavy atom. The third kappa shape index (κ3) is 3.70. The van der Waals surface area contributed by atoms with Crippen molar-refractivity contribution < 1.29 is 9.53 Å². The van der Waals surface area contributed by atoms with Crippen LogP contribution in [0.5, 0.6) is 5.75 Å². The number of aryl methyl sites for hydroxylation is 1. The third-order valence-corrected chi connectivity index (χ3v) is 5.31. The molecule has 2 N–H and O–H groups in total. The van der Waals surface area contributed by atoms with Gasteiger partial charge in [-0.25, -0.2) is 9.78 Å². The number of nitrogens with zero attached hydrogens (tertiary/aromatic N) is 1. The molecule has 0 spiro atoms. The second kappa shape index (κ2) is 6.81. The molecule has 1 atom stereocenters. The van der Waals surface area contributed by atoms with E-state index in [1.54, 1.807) is 11.3 Å². The van der Waals surface area contributed by atoms with Crippen LogP contribution in [0.3, 0.4) is 0 Å². The van der Waals surface area contributed by atoms with Crippen molar-refractivity contribution in [3.63, 3.8) is 0 Å². The van der Waals surface area contributed by atoms with Gasteiger partial charge in [-0.2, -0.15) is 0 Å². The average molecular weight is 345 g/mol.